The average molecular weight is 347 g/mol. The van der Waals surface area contributed by atoms with Gasteiger partial charge in [-0.2, -0.15) is 0 Å². The minimum absolute atomic E-state index is 0.236. The molecule has 26 heavy (non-hydrogen) atoms. The van der Waals surface area contributed by atoms with Crippen LogP contribution < -0.4 is 15.8 Å². The lowest BCUT2D eigenvalue weighted by Gasteiger charge is -2.11. The molecule has 3 N–H and O–H groups in total. The molecule has 1 amide bonds. The van der Waals surface area contributed by atoms with Gasteiger partial charge < -0.3 is 15.8 Å². The third-order valence-corrected chi connectivity index (χ3v) is 3.94. The number of hydrogen-bond donors (Lipinski definition) is 2. The van der Waals surface area contributed by atoms with Crippen LogP contribution in [-0.2, 0) is 0 Å². The molecule has 0 unspecified atom stereocenters. The number of nitrogen functional groups attached to an aromatic ring is 1. The Hall–Kier alpha value is -3.34. The number of carbonyl (C=O) groups excluding carboxylic acids is 1. The van der Waals surface area contributed by atoms with Gasteiger partial charge in [-0.05, 0) is 74.4 Å². The average Bonchev–Trinajstić information content (AvgIpc) is 2.56. The van der Waals surface area contributed by atoms with Gasteiger partial charge in [-0.1, -0.05) is 12.1 Å². The van der Waals surface area contributed by atoms with Crippen LogP contribution in [0.2, 0.25) is 0 Å². The van der Waals surface area contributed by atoms with E-state index in [1.54, 1.807) is 12.1 Å². The fraction of sp³-hybridized carbons (Fsp3) is 0.143. The van der Waals surface area contributed by atoms with Crippen LogP contribution in [0.25, 0.3) is 0 Å². The molecule has 0 radical (unpaired) electrons. The number of rotatable bonds is 4. The molecule has 0 aliphatic rings. The number of nitrogens with two attached hydrogens (primary N) is 1. The zero-order valence-corrected chi connectivity index (χ0v) is 15.0. The minimum atomic E-state index is -0.278. The molecule has 0 bridgehead atoms. The summed E-state index contributed by atoms with van der Waals surface area (Å²) in [5.41, 5.74) is 9.68. The highest BCUT2D eigenvalue weighted by Gasteiger charge is 2.15. The monoisotopic (exact) mass is 347 g/mol. The van der Waals surface area contributed by atoms with Crippen molar-refractivity contribution in [2.24, 2.45) is 0 Å². The number of aromatic nitrogens is 1. The second-order valence-corrected chi connectivity index (χ2v) is 6.24. The van der Waals surface area contributed by atoms with Gasteiger partial charge in [0.05, 0.1) is 5.56 Å². The summed E-state index contributed by atoms with van der Waals surface area (Å²) in [6.07, 6.45) is 0. The molecule has 2 aromatic carbocycles. The molecule has 0 saturated heterocycles. The summed E-state index contributed by atoms with van der Waals surface area (Å²) in [4.78, 5) is 16.7. The van der Waals surface area contributed by atoms with E-state index in [4.69, 9.17) is 10.5 Å². The molecule has 132 valence electrons. The summed E-state index contributed by atoms with van der Waals surface area (Å²) >= 11 is 0. The normalized spacial score (nSPS) is 10.4. The van der Waals surface area contributed by atoms with Crippen molar-refractivity contribution in [1.29, 1.82) is 0 Å². The molecule has 0 aliphatic carbocycles. The van der Waals surface area contributed by atoms with E-state index in [1.165, 1.54) is 0 Å². The molecule has 5 heteroatoms. The van der Waals surface area contributed by atoms with Crippen molar-refractivity contribution in [3.8, 4) is 11.5 Å². The van der Waals surface area contributed by atoms with Gasteiger partial charge in [0.15, 0.2) is 0 Å². The molecule has 1 heterocycles. The predicted octanol–water partition coefficient (Wildman–Crippen LogP) is 4.63. The van der Waals surface area contributed by atoms with Crippen LogP contribution in [0.4, 0.5) is 11.5 Å². The molecule has 1 aromatic heterocycles. The fourth-order valence-corrected chi connectivity index (χ4v) is 2.78. The standard InChI is InChI=1S/C21H21N3O2/c1-13-5-4-6-18(11-13)26-17-9-7-16(8-10-17)24-21(25)19-14(2)12-15(3)23-20(19)22/h4-12H,1-3H3,(H2,22,23)(H,24,25). The molecule has 5 nitrogen and oxygen atoms in total. The first-order valence-electron chi connectivity index (χ1n) is 8.32. The molecule has 0 fully saturated rings. The number of ether oxygens (including phenoxy) is 1. The smallest absolute Gasteiger partial charge is 0.259 e. The predicted molar refractivity (Wildman–Crippen MR) is 104 cm³/mol. The second-order valence-electron chi connectivity index (χ2n) is 6.24. The van der Waals surface area contributed by atoms with Crippen LogP contribution in [0.5, 0.6) is 11.5 Å². The van der Waals surface area contributed by atoms with E-state index in [1.807, 2.05) is 63.2 Å². The quantitative estimate of drug-likeness (QED) is 0.721. The molecular weight excluding hydrogens is 326 g/mol. The third-order valence-electron chi connectivity index (χ3n) is 3.94. The van der Waals surface area contributed by atoms with Crippen LogP contribution >= 0.6 is 0 Å². The summed E-state index contributed by atoms with van der Waals surface area (Å²) in [5.74, 6) is 1.43. The van der Waals surface area contributed by atoms with E-state index in [9.17, 15) is 4.79 Å². The third kappa shape index (κ3) is 4.00. The van der Waals surface area contributed by atoms with Crippen LogP contribution in [0.1, 0.15) is 27.2 Å². The largest absolute Gasteiger partial charge is 0.457 e. The molecule has 0 aliphatic heterocycles. The lowest BCUT2D eigenvalue weighted by atomic mass is 10.1. The van der Waals surface area contributed by atoms with Gasteiger partial charge in [0.25, 0.3) is 5.91 Å². The highest BCUT2D eigenvalue weighted by Crippen LogP contribution is 2.24. The van der Waals surface area contributed by atoms with E-state index >= 15 is 0 Å². The van der Waals surface area contributed by atoms with Crippen molar-refractivity contribution >= 4 is 17.4 Å². The fourth-order valence-electron chi connectivity index (χ4n) is 2.78. The van der Waals surface area contributed by atoms with Crippen LogP contribution in [0.15, 0.2) is 54.6 Å². The Morgan fingerprint density at radius 3 is 2.38 bits per heavy atom. The molecule has 0 atom stereocenters. The Balaban J connectivity index is 1.72. The number of anilines is 2. The molecule has 0 saturated carbocycles. The Morgan fingerprint density at radius 2 is 1.73 bits per heavy atom. The van der Waals surface area contributed by atoms with E-state index in [0.717, 1.165) is 22.6 Å². The lowest BCUT2D eigenvalue weighted by Crippen LogP contribution is -2.17. The Labute approximate surface area is 152 Å². The van der Waals surface area contributed by atoms with Crippen molar-refractivity contribution in [2.75, 3.05) is 11.1 Å². The summed E-state index contributed by atoms with van der Waals surface area (Å²) in [6.45, 7) is 5.70. The van der Waals surface area contributed by atoms with Gasteiger partial charge in [0.1, 0.15) is 17.3 Å². The lowest BCUT2D eigenvalue weighted by molar-refractivity contribution is 0.102. The topological polar surface area (TPSA) is 77.2 Å². The van der Waals surface area contributed by atoms with Gasteiger partial charge in [0.2, 0.25) is 0 Å². The number of pyridine rings is 1. The SMILES string of the molecule is Cc1cccc(Oc2ccc(NC(=O)c3c(C)cc(C)nc3N)cc2)c1. The Bertz CT molecular complexity index is 927. The van der Waals surface area contributed by atoms with Gasteiger partial charge in [-0.15, -0.1) is 0 Å². The minimum Gasteiger partial charge on any atom is -0.457 e. The maximum atomic E-state index is 12.5. The van der Waals surface area contributed by atoms with Crippen LogP contribution in [-0.4, -0.2) is 10.9 Å². The van der Waals surface area contributed by atoms with Gasteiger partial charge in [0, 0.05) is 11.4 Å². The number of aryl methyl sites for hydroxylation is 3. The number of amides is 1. The number of nitrogens with one attached hydrogen (secondary N) is 1. The van der Waals surface area contributed by atoms with Gasteiger partial charge in [-0.3, -0.25) is 4.79 Å². The Kier molecular flexibility index (Phi) is 4.89. The number of carbonyl (C=O) groups is 1. The highest BCUT2D eigenvalue weighted by molar-refractivity contribution is 6.08. The first kappa shape index (κ1) is 17.5. The molecular formula is C21H21N3O2. The highest BCUT2D eigenvalue weighted by atomic mass is 16.5. The summed E-state index contributed by atoms with van der Waals surface area (Å²) in [5, 5.41) is 2.85. The van der Waals surface area contributed by atoms with Crippen molar-refractivity contribution in [3.05, 3.63) is 77.0 Å². The molecule has 0 spiro atoms. The van der Waals surface area contributed by atoms with E-state index in [2.05, 4.69) is 10.3 Å². The van der Waals surface area contributed by atoms with Crippen molar-refractivity contribution in [2.45, 2.75) is 20.8 Å². The molecule has 3 aromatic rings. The number of nitrogens with zero attached hydrogens (tertiary/aromatic N) is 1. The first-order valence-corrected chi connectivity index (χ1v) is 8.32. The summed E-state index contributed by atoms with van der Waals surface area (Å²) in [7, 11) is 0. The number of benzene rings is 2. The van der Waals surface area contributed by atoms with Gasteiger partial charge >= 0.3 is 0 Å². The van der Waals surface area contributed by atoms with Gasteiger partial charge in [-0.25, -0.2) is 4.98 Å². The van der Waals surface area contributed by atoms with Crippen molar-refractivity contribution in [1.82, 2.24) is 4.98 Å². The zero-order valence-electron chi connectivity index (χ0n) is 15.0. The van der Waals surface area contributed by atoms with E-state index in [0.29, 0.717) is 17.0 Å². The summed E-state index contributed by atoms with van der Waals surface area (Å²) in [6, 6.07) is 16.9. The zero-order chi connectivity index (χ0) is 18.7. The molecule has 3 rings (SSSR count). The van der Waals surface area contributed by atoms with E-state index in [-0.39, 0.29) is 11.7 Å². The van der Waals surface area contributed by atoms with Crippen molar-refractivity contribution < 1.29 is 9.53 Å². The van der Waals surface area contributed by atoms with Crippen LogP contribution in [0.3, 0.4) is 0 Å². The van der Waals surface area contributed by atoms with Crippen molar-refractivity contribution in [3.63, 3.8) is 0 Å². The summed E-state index contributed by atoms with van der Waals surface area (Å²) < 4.78 is 5.81. The van der Waals surface area contributed by atoms with Crippen LogP contribution in [0, 0.1) is 20.8 Å². The first-order chi connectivity index (χ1) is 12.4. The van der Waals surface area contributed by atoms with E-state index < -0.39 is 0 Å². The Morgan fingerprint density at radius 1 is 1.00 bits per heavy atom. The number of hydrogen-bond acceptors (Lipinski definition) is 4. The maximum absolute atomic E-state index is 12.5. The second kappa shape index (κ2) is 7.27. The maximum Gasteiger partial charge on any atom is 0.259 e.